The van der Waals surface area contributed by atoms with Crippen LogP contribution in [0.5, 0.6) is 0 Å². The number of halogens is 1. The second-order valence-corrected chi connectivity index (χ2v) is 5.28. The minimum atomic E-state index is -0.499. The van der Waals surface area contributed by atoms with Crippen LogP contribution >= 0.6 is 0 Å². The first-order valence-electron chi connectivity index (χ1n) is 7.43. The molecule has 0 aromatic heterocycles. The van der Waals surface area contributed by atoms with Gasteiger partial charge in [0.05, 0.1) is 10.5 Å². The molecule has 1 aliphatic carbocycles. The molecular formula is C17H15BFNO4. The van der Waals surface area contributed by atoms with Gasteiger partial charge in [-0.25, -0.2) is 9.18 Å². The molecule has 3 rings (SSSR count). The third-order valence-electron chi connectivity index (χ3n) is 3.54. The molecule has 1 fully saturated rings. The van der Waals surface area contributed by atoms with Gasteiger partial charge < -0.3 is 4.74 Å². The summed E-state index contributed by atoms with van der Waals surface area (Å²) in [6, 6.07) is 11.6. The largest absolute Gasteiger partial charge is 0.459 e. The number of carbonyl (C=O) groups is 1. The van der Waals surface area contributed by atoms with Gasteiger partial charge in [-0.05, 0) is 37.5 Å². The first kappa shape index (κ1) is 17.7. The molecule has 0 spiro atoms. The molecule has 0 aliphatic heterocycles. The lowest BCUT2D eigenvalue weighted by molar-refractivity contribution is -0.384. The standard InChI is InChI=1S/C11H11NO4.C6H4BF/c13-11(16-10-2-1-3-10)8-4-6-9(7-5-8)12(14)15;7-5-3-1-2-4-6(5)8/h4-7,10H,1-3H2;1-4H. The number of benzene rings is 2. The van der Waals surface area contributed by atoms with Gasteiger partial charge in [0.25, 0.3) is 5.69 Å². The van der Waals surface area contributed by atoms with Crippen LogP contribution in [0.15, 0.2) is 48.5 Å². The molecule has 0 heterocycles. The number of hydrogen-bond acceptors (Lipinski definition) is 4. The van der Waals surface area contributed by atoms with Gasteiger partial charge in [0, 0.05) is 12.1 Å². The molecule has 0 N–H and O–H groups in total. The summed E-state index contributed by atoms with van der Waals surface area (Å²) in [6.07, 6.45) is 2.96. The molecule has 0 bridgehead atoms. The molecule has 24 heavy (non-hydrogen) atoms. The van der Waals surface area contributed by atoms with Crippen LogP contribution < -0.4 is 5.46 Å². The summed E-state index contributed by atoms with van der Waals surface area (Å²) in [6.45, 7) is 0. The van der Waals surface area contributed by atoms with Crippen molar-refractivity contribution in [2.75, 3.05) is 0 Å². The second-order valence-electron chi connectivity index (χ2n) is 5.28. The van der Waals surface area contributed by atoms with Crippen molar-refractivity contribution in [1.29, 1.82) is 0 Å². The average Bonchev–Trinajstić information content (AvgIpc) is 2.54. The van der Waals surface area contributed by atoms with Crippen LogP contribution in [0.4, 0.5) is 10.1 Å². The highest BCUT2D eigenvalue weighted by Gasteiger charge is 2.22. The Kier molecular flexibility index (Phi) is 6.06. The quantitative estimate of drug-likeness (QED) is 0.376. The summed E-state index contributed by atoms with van der Waals surface area (Å²) >= 11 is 0. The van der Waals surface area contributed by atoms with Crippen LogP contribution in [0, 0.1) is 15.9 Å². The zero-order valence-electron chi connectivity index (χ0n) is 12.9. The highest BCUT2D eigenvalue weighted by molar-refractivity contribution is 6.32. The summed E-state index contributed by atoms with van der Waals surface area (Å²) in [7, 11) is 5.14. The third kappa shape index (κ3) is 4.91. The van der Waals surface area contributed by atoms with Crippen molar-refractivity contribution in [1.82, 2.24) is 0 Å². The number of nitrogens with zero attached hydrogens (tertiary/aromatic N) is 1. The Balaban J connectivity index is 0.000000219. The smallest absolute Gasteiger partial charge is 0.338 e. The van der Waals surface area contributed by atoms with E-state index in [0.717, 1.165) is 19.3 Å². The van der Waals surface area contributed by atoms with Crippen LogP contribution in [0.25, 0.3) is 0 Å². The van der Waals surface area contributed by atoms with E-state index in [1.165, 1.54) is 36.4 Å². The number of hydrogen-bond donors (Lipinski definition) is 0. The van der Waals surface area contributed by atoms with Gasteiger partial charge in [0.2, 0.25) is 0 Å². The van der Waals surface area contributed by atoms with Gasteiger partial charge in [-0.1, -0.05) is 23.7 Å². The van der Waals surface area contributed by atoms with Crippen molar-refractivity contribution < 1.29 is 18.8 Å². The molecule has 2 aromatic rings. The third-order valence-corrected chi connectivity index (χ3v) is 3.54. The summed E-state index contributed by atoms with van der Waals surface area (Å²) in [5, 5.41) is 10.4. The van der Waals surface area contributed by atoms with Crippen LogP contribution in [0.2, 0.25) is 0 Å². The Bertz CT molecular complexity index is 696. The minimum absolute atomic E-state index is 0.0276. The molecule has 1 aliphatic rings. The fourth-order valence-corrected chi connectivity index (χ4v) is 1.90. The molecule has 1 saturated carbocycles. The van der Waals surface area contributed by atoms with Crippen LogP contribution in [0.1, 0.15) is 29.6 Å². The molecule has 2 radical (unpaired) electrons. The van der Waals surface area contributed by atoms with E-state index in [0.29, 0.717) is 5.56 Å². The van der Waals surface area contributed by atoms with Crippen molar-refractivity contribution in [2.24, 2.45) is 0 Å². The van der Waals surface area contributed by atoms with E-state index >= 15 is 0 Å². The maximum absolute atomic E-state index is 12.2. The molecule has 0 unspecified atom stereocenters. The molecule has 7 heteroatoms. The number of nitro benzene ring substituents is 1. The average molecular weight is 327 g/mol. The first-order chi connectivity index (χ1) is 11.5. The SMILES string of the molecule is O=C(OC1CCC1)c1ccc([N+](=O)[O-])cc1.[B]c1ccccc1F. The summed E-state index contributed by atoms with van der Waals surface area (Å²) in [5.74, 6) is -0.757. The molecule has 0 amide bonds. The highest BCUT2D eigenvalue weighted by atomic mass is 19.1. The lowest BCUT2D eigenvalue weighted by Crippen LogP contribution is -2.24. The van der Waals surface area contributed by atoms with Gasteiger partial charge in [0.1, 0.15) is 19.8 Å². The fraction of sp³-hybridized carbons (Fsp3) is 0.235. The number of non-ortho nitro benzene ring substituents is 1. The highest BCUT2D eigenvalue weighted by Crippen LogP contribution is 2.23. The molecule has 2 aromatic carbocycles. The molecule has 122 valence electrons. The normalized spacial score (nSPS) is 13.2. The van der Waals surface area contributed by atoms with E-state index in [2.05, 4.69) is 0 Å². The van der Waals surface area contributed by atoms with E-state index in [1.807, 2.05) is 0 Å². The van der Waals surface area contributed by atoms with E-state index in [-0.39, 0.29) is 23.1 Å². The number of rotatable bonds is 3. The van der Waals surface area contributed by atoms with Crippen LogP contribution in [0.3, 0.4) is 0 Å². The van der Waals surface area contributed by atoms with Gasteiger partial charge in [-0.2, -0.15) is 0 Å². The van der Waals surface area contributed by atoms with Crippen molar-refractivity contribution in [3.8, 4) is 0 Å². The zero-order chi connectivity index (χ0) is 17.5. The van der Waals surface area contributed by atoms with Crippen LogP contribution in [-0.4, -0.2) is 24.8 Å². The Morgan fingerprint density at radius 2 is 1.79 bits per heavy atom. The van der Waals surface area contributed by atoms with Crippen molar-refractivity contribution in [2.45, 2.75) is 25.4 Å². The number of nitro groups is 1. The Morgan fingerprint density at radius 1 is 1.17 bits per heavy atom. The lowest BCUT2D eigenvalue weighted by Gasteiger charge is -2.25. The maximum Gasteiger partial charge on any atom is 0.338 e. The van der Waals surface area contributed by atoms with Gasteiger partial charge in [0.15, 0.2) is 0 Å². The van der Waals surface area contributed by atoms with Gasteiger partial charge >= 0.3 is 5.97 Å². The first-order valence-corrected chi connectivity index (χ1v) is 7.43. The van der Waals surface area contributed by atoms with Crippen molar-refractivity contribution >= 4 is 25.0 Å². The minimum Gasteiger partial charge on any atom is -0.459 e. The molecule has 5 nitrogen and oxygen atoms in total. The number of ether oxygens (including phenoxy) is 1. The fourth-order valence-electron chi connectivity index (χ4n) is 1.90. The molecule has 0 saturated heterocycles. The predicted octanol–water partition coefficient (Wildman–Crippen LogP) is 2.92. The van der Waals surface area contributed by atoms with E-state index in [4.69, 9.17) is 12.6 Å². The van der Waals surface area contributed by atoms with E-state index in [9.17, 15) is 19.3 Å². The van der Waals surface area contributed by atoms with Gasteiger partial charge in [-0.15, -0.1) is 0 Å². The van der Waals surface area contributed by atoms with E-state index < -0.39 is 10.9 Å². The molecule has 0 atom stereocenters. The summed E-state index contributed by atoms with van der Waals surface area (Å²) in [4.78, 5) is 21.4. The Morgan fingerprint density at radius 3 is 2.21 bits per heavy atom. The Hall–Kier alpha value is -2.70. The lowest BCUT2D eigenvalue weighted by atomic mass is 9.96. The van der Waals surface area contributed by atoms with Crippen LogP contribution in [-0.2, 0) is 4.74 Å². The Labute approximate surface area is 140 Å². The predicted molar refractivity (Wildman–Crippen MR) is 87.9 cm³/mol. The van der Waals surface area contributed by atoms with Crippen molar-refractivity contribution in [3.05, 3.63) is 70.0 Å². The topological polar surface area (TPSA) is 69.4 Å². The number of carbonyl (C=O) groups excluding carboxylic acids is 1. The number of esters is 1. The van der Waals surface area contributed by atoms with E-state index in [1.54, 1.807) is 12.1 Å². The second kappa shape index (κ2) is 8.24. The maximum atomic E-state index is 12.2. The van der Waals surface area contributed by atoms with Gasteiger partial charge in [-0.3, -0.25) is 10.1 Å². The monoisotopic (exact) mass is 327 g/mol. The zero-order valence-corrected chi connectivity index (χ0v) is 12.9. The summed E-state index contributed by atoms with van der Waals surface area (Å²) in [5.41, 5.74) is 0.533. The van der Waals surface area contributed by atoms with Crippen molar-refractivity contribution in [3.63, 3.8) is 0 Å². The molecular weight excluding hydrogens is 312 g/mol. The summed E-state index contributed by atoms with van der Waals surface area (Å²) < 4.78 is 17.4.